The molecule has 0 N–H and O–H groups in total. The van der Waals surface area contributed by atoms with E-state index >= 15 is 0 Å². The Morgan fingerprint density at radius 3 is 2.67 bits per heavy atom. The zero-order chi connectivity index (χ0) is 10.7. The maximum absolute atomic E-state index is 11.1. The zero-order valence-corrected chi connectivity index (χ0v) is 10.2. The standard InChI is InChI=1S/C12H14BrNO/c13-11-3-1-2-10(8-11)9-14-6-4-12(15)5-7-14/h1-3,8H,4-7,9H2. The number of rotatable bonds is 2. The quantitative estimate of drug-likeness (QED) is 0.821. The van der Waals surface area contributed by atoms with Crippen molar-refractivity contribution in [2.24, 2.45) is 0 Å². The highest BCUT2D eigenvalue weighted by atomic mass is 79.9. The van der Waals surface area contributed by atoms with E-state index in [4.69, 9.17) is 0 Å². The molecule has 3 heteroatoms. The Balaban J connectivity index is 1.94. The van der Waals surface area contributed by atoms with Gasteiger partial charge in [0, 0.05) is 36.9 Å². The molecule has 0 aliphatic carbocycles. The third-order valence-corrected chi connectivity index (χ3v) is 3.20. The summed E-state index contributed by atoms with van der Waals surface area (Å²) in [6.45, 7) is 2.77. The second-order valence-electron chi connectivity index (χ2n) is 3.94. The van der Waals surface area contributed by atoms with Gasteiger partial charge in [-0.1, -0.05) is 28.1 Å². The van der Waals surface area contributed by atoms with Crippen molar-refractivity contribution in [1.29, 1.82) is 0 Å². The normalized spacial score (nSPS) is 18.1. The van der Waals surface area contributed by atoms with E-state index in [2.05, 4.69) is 39.0 Å². The molecule has 2 rings (SSSR count). The summed E-state index contributed by atoms with van der Waals surface area (Å²) in [5.74, 6) is 0.403. The fourth-order valence-electron chi connectivity index (χ4n) is 1.85. The second-order valence-corrected chi connectivity index (χ2v) is 4.86. The molecule has 1 saturated heterocycles. The van der Waals surface area contributed by atoms with E-state index < -0.39 is 0 Å². The lowest BCUT2D eigenvalue weighted by molar-refractivity contribution is -0.121. The highest BCUT2D eigenvalue weighted by Crippen LogP contribution is 2.15. The van der Waals surface area contributed by atoms with E-state index in [0.29, 0.717) is 18.6 Å². The van der Waals surface area contributed by atoms with Crippen molar-refractivity contribution in [2.75, 3.05) is 13.1 Å². The first kappa shape index (κ1) is 10.8. The zero-order valence-electron chi connectivity index (χ0n) is 8.58. The SMILES string of the molecule is O=C1CCN(Cc2cccc(Br)c2)CC1. The molecule has 80 valence electrons. The lowest BCUT2D eigenvalue weighted by Crippen LogP contribution is -2.33. The lowest BCUT2D eigenvalue weighted by atomic mass is 10.1. The number of halogens is 1. The molecule has 0 spiro atoms. The highest BCUT2D eigenvalue weighted by Gasteiger charge is 2.15. The van der Waals surface area contributed by atoms with E-state index in [1.54, 1.807) is 0 Å². The Labute approximate surface area is 98.4 Å². The molecule has 0 radical (unpaired) electrons. The number of Topliss-reactive ketones (excluding diaryl/α,β-unsaturated/α-hetero) is 1. The van der Waals surface area contributed by atoms with Gasteiger partial charge in [-0.3, -0.25) is 9.69 Å². The van der Waals surface area contributed by atoms with Gasteiger partial charge in [0.2, 0.25) is 0 Å². The van der Waals surface area contributed by atoms with Crippen molar-refractivity contribution < 1.29 is 4.79 Å². The van der Waals surface area contributed by atoms with E-state index in [9.17, 15) is 4.79 Å². The van der Waals surface area contributed by atoms with Crippen LogP contribution in [0.5, 0.6) is 0 Å². The third kappa shape index (κ3) is 3.14. The van der Waals surface area contributed by atoms with Crippen LogP contribution in [-0.2, 0) is 11.3 Å². The predicted molar refractivity (Wildman–Crippen MR) is 63.7 cm³/mol. The minimum Gasteiger partial charge on any atom is -0.300 e. The number of carbonyl (C=O) groups excluding carboxylic acids is 1. The van der Waals surface area contributed by atoms with Crippen LogP contribution in [0.3, 0.4) is 0 Å². The summed E-state index contributed by atoms with van der Waals surface area (Å²) in [5.41, 5.74) is 1.30. The number of hydrogen-bond acceptors (Lipinski definition) is 2. The molecule has 1 aromatic rings. The molecule has 1 aliphatic heterocycles. The number of benzene rings is 1. The number of piperidine rings is 1. The Kier molecular flexibility index (Phi) is 3.54. The molecule has 0 saturated carbocycles. The number of likely N-dealkylation sites (tertiary alicyclic amines) is 1. The third-order valence-electron chi connectivity index (χ3n) is 2.71. The van der Waals surface area contributed by atoms with Crippen molar-refractivity contribution in [2.45, 2.75) is 19.4 Å². The average molecular weight is 268 g/mol. The number of hydrogen-bond donors (Lipinski definition) is 0. The molecule has 2 nitrogen and oxygen atoms in total. The summed E-state index contributed by atoms with van der Waals surface area (Å²) in [5, 5.41) is 0. The van der Waals surface area contributed by atoms with Crippen LogP contribution in [0, 0.1) is 0 Å². The molecule has 0 aromatic heterocycles. The Bertz CT molecular complexity index is 354. The molecule has 0 atom stereocenters. The van der Waals surface area contributed by atoms with Crippen molar-refractivity contribution in [1.82, 2.24) is 4.90 Å². The Hall–Kier alpha value is -0.670. The van der Waals surface area contributed by atoms with Crippen molar-refractivity contribution in [3.63, 3.8) is 0 Å². The van der Waals surface area contributed by atoms with Crippen molar-refractivity contribution in [3.05, 3.63) is 34.3 Å². The van der Waals surface area contributed by atoms with Crippen molar-refractivity contribution in [3.8, 4) is 0 Å². The first-order valence-electron chi connectivity index (χ1n) is 5.22. The van der Waals surface area contributed by atoms with Crippen LogP contribution in [-0.4, -0.2) is 23.8 Å². The molecule has 0 unspecified atom stereocenters. The smallest absolute Gasteiger partial charge is 0.135 e. The van der Waals surface area contributed by atoms with E-state index in [1.165, 1.54) is 5.56 Å². The van der Waals surface area contributed by atoms with Crippen molar-refractivity contribution >= 4 is 21.7 Å². The molecule has 1 aliphatic rings. The summed E-state index contributed by atoms with van der Waals surface area (Å²) in [4.78, 5) is 13.4. The monoisotopic (exact) mass is 267 g/mol. The van der Waals surface area contributed by atoms with Crippen LogP contribution in [0.2, 0.25) is 0 Å². The maximum atomic E-state index is 11.1. The van der Waals surface area contributed by atoms with Gasteiger partial charge < -0.3 is 0 Å². The second kappa shape index (κ2) is 4.90. The minimum absolute atomic E-state index is 0.403. The topological polar surface area (TPSA) is 20.3 Å². The van der Waals surface area contributed by atoms with Gasteiger partial charge in [-0.2, -0.15) is 0 Å². The number of ketones is 1. The fraction of sp³-hybridized carbons (Fsp3) is 0.417. The lowest BCUT2D eigenvalue weighted by Gasteiger charge is -2.25. The van der Waals surface area contributed by atoms with Crippen LogP contribution in [0.15, 0.2) is 28.7 Å². The molecular formula is C12H14BrNO. The maximum Gasteiger partial charge on any atom is 0.135 e. The molecular weight excluding hydrogens is 254 g/mol. The molecule has 1 fully saturated rings. The predicted octanol–water partition coefficient (Wildman–Crippen LogP) is 2.61. The van der Waals surface area contributed by atoms with Crippen LogP contribution in [0.25, 0.3) is 0 Å². The van der Waals surface area contributed by atoms with Gasteiger partial charge >= 0.3 is 0 Å². The average Bonchev–Trinajstić information content (AvgIpc) is 2.22. The van der Waals surface area contributed by atoms with Gasteiger partial charge in [-0.25, -0.2) is 0 Å². The molecule has 1 aromatic carbocycles. The van der Waals surface area contributed by atoms with Gasteiger partial charge in [-0.05, 0) is 17.7 Å². The van der Waals surface area contributed by atoms with Crippen LogP contribution >= 0.6 is 15.9 Å². The van der Waals surface area contributed by atoms with E-state index in [0.717, 1.165) is 24.1 Å². The van der Waals surface area contributed by atoms with Gasteiger partial charge in [0.1, 0.15) is 5.78 Å². The summed E-state index contributed by atoms with van der Waals surface area (Å²) < 4.78 is 1.12. The van der Waals surface area contributed by atoms with Gasteiger partial charge in [0.25, 0.3) is 0 Å². The molecule has 1 heterocycles. The van der Waals surface area contributed by atoms with E-state index in [1.807, 2.05) is 6.07 Å². The summed E-state index contributed by atoms with van der Waals surface area (Å²) in [6.07, 6.45) is 1.43. The largest absolute Gasteiger partial charge is 0.300 e. The van der Waals surface area contributed by atoms with Gasteiger partial charge in [0.15, 0.2) is 0 Å². The molecule has 0 amide bonds. The summed E-state index contributed by atoms with van der Waals surface area (Å²) in [7, 11) is 0. The highest BCUT2D eigenvalue weighted by molar-refractivity contribution is 9.10. The fourth-order valence-corrected chi connectivity index (χ4v) is 2.30. The van der Waals surface area contributed by atoms with Crippen LogP contribution < -0.4 is 0 Å². The first-order valence-corrected chi connectivity index (χ1v) is 6.02. The van der Waals surface area contributed by atoms with E-state index in [-0.39, 0.29) is 0 Å². The van der Waals surface area contributed by atoms with Gasteiger partial charge in [-0.15, -0.1) is 0 Å². The number of carbonyl (C=O) groups is 1. The van der Waals surface area contributed by atoms with Crippen LogP contribution in [0.1, 0.15) is 18.4 Å². The first-order chi connectivity index (χ1) is 7.24. The molecule has 0 bridgehead atoms. The minimum atomic E-state index is 0.403. The summed E-state index contributed by atoms with van der Waals surface area (Å²) >= 11 is 3.46. The van der Waals surface area contributed by atoms with Gasteiger partial charge in [0.05, 0.1) is 0 Å². The number of nitrogens with zero attached hydrogens (tertiary/aromatic N) is 1. The molecule has 15 heavy (non-hydrogen) atoms. The Morgan fingerprint density at radius 1 is 1.27 bits per heavy atom. The Morgan fingerprint density at radius 2 is 2.00 bits per heavy atom. The van der Waals surface area contributed by atoms with Crippen LogP contribution in [0.4, 0.5) is 0 Å². The summed E-state index contributed by atoms with van der Waals surface area (Å²) in [6, 6.07) is 8.34.